The Morgan fingerprint density at radius 1 is 0.951 bits per heavy atom. The van der Waals surface area contributed by atoms with Gasteiger partial charge in [-0.05, 0) is 125 Å². The summed E-state index contributed by atoms with van der Waals surface area (Å²) >= 11 is 6.03. The Kier molecular flexibility index (Phi) is 9.97. The highest BCUT2D eigenvalue weighted by atomic mass is 35.5. The smallest absolute Gasteiger partial charge is 0.162 e. The van der Waals surface area contributed by atoms with Gasteiger partial charge in [0.2, 0.25) is 0 Å². The van der Waals surface area contributed by atoms with Gasteiger partial charge in [-0.3, -0.25) is 4.79 Å². The summed E-state index contributed by atoms with van der Waals surface area (Å²) in [5, 5.41) is 0.700. The van der Waals surface area contributed by atoms with Crippen LogP contribution in [0.1, 0.15) is 60.3 Å². The van der Waals surface area contributed by atoms with Crippen LogP contribution in [0.5, 0.6) is 11.5 Å². The summed E-state index contributed by atoms with van der Waals surface area (Å²) in [6.07, 6.45) is 6.28. The van der Waals surface area contributed by atoms with Crippen molar-refractivity contribution in [3.8, 4) is 11.5 Å². The van der Waals surface area contributed by atoms with Crippen LogP contribution in [0, 0.1) is 12.8 Å². The van der Waals surface area contributed by atoms with Crippen LogP contribution >= 0.6 is 11.6 Å². The van der Waals surface area contributed by atoms with Crippen LogP contribution in [0.2, 0.25) is 5.02 Å². The third kappa shape index (κ3) is 7.69. The second kappa shape index (κ2) is 14.0. The molecule has 0 unspecified atom stereocenters. The first kappa shape index (κ1) is 29.2. The number of hydrogen-bond donors (Lipinski definition) is 0. The molecule has 0 amide bonds. The molecule has 2 heterocycles. The fraction of sp³-hybridized carbons (Fsp3) is 0.412. The zero-order chi connectivity index (χ0) is 28.6. The molecular formula is C34H40ClN3O3. The van der Waals surface area contributed by atoms with Gasteiger partial charge in [0, 0.05) is 23.6 Å². The van der Waals surface area contributed by atoms with Gasteiger partial charge < -0.3 is 18.9 Å². The quantitative estimate of drug-likeness (QED) is 0.153. The minimum Gasteiger partial charge on any atom is -0.497 e. The van der Waals surface area contributed by atoms with E-state index in [0.29, 0.717) is 18.1 Å². The number of hydrogen-bond acceptors (Lipinski definition) is 5. The number of nitrogens with zero attached hydrogens (tertiary/aromatic N) is 3. The molecule has 0 saturated carbocycles. The van der Waals surface area contributed by atoms with E-state index >= 15 is 0 Å². The molecule has 0 bridgehead atoms. The molecule has 4 aromatic rings. The molecule has 216 valence electrons. The maximum Gasteiger partial charge on any atom is 0.162 e. The molecule has 41 heavy (non-hydrogen) atoms. The number of Topliss-reactive ketones (excluding diaryl/α,β-unsaturated/α-hetero) is 1. The fourth-order valence-corrected chi connectivity index (χ4v) is 5.92. The molecule has 1 aliphatic rings. The number of methoxy groups -OCH3 is 1. The first-order chi connectivity index (χ1) is 20.0. The number of carbonyl (C=O) groups excluding carboxylic acids is 1. The number of ketones is 1. The minimum atomic E-state index is 0.211. The van der Waals surface area contributed by atoms with Gasteiger partial charge in [0.05, 0.1) is 18.1 Å². The van der Waals surface area contributed by atoms with Crippen molar-refractivity contribution in [2.45, 2.75) is 58.6 Å². The number of aromatic nitrogens is 2. The predicted octanol–water partition coefficient (Wildman–Crippen LogP) is 7.74. The van der Waals surface area contributed by atoms with E-state index in [0.717, 1.165) is 73.3 Å². The number of piperidine rings is 1. The maximum absolute atomic E-state index is 12.5. The normalized spacial score (nSPS) is 14.4. The third-order valence-electron chi connectivity index (χ3n) is 8.23. The van der Waals surface area contributed by atoms with E-state index in [2.05, 4.69) is 34.6 Å². The monoisotopic (exact) mass is 573 g/mol. The largest absolute Gasteiger partial charge is 0.497 e. The number of likely N-dealkylation sites (tertiary alicyclic amines) is 1. The Bertz CT molecular complexity index is 1420. The highest BCUT2D eigenvalue weighted by molar-refractivity contribution is 6.30. The first-order valence-electron chi connectivity index (χ1n) is 14.7. The molecule has 5 rings (SSSR count). The second-order valence-electron chi connectivity index (χ2n) is 11.0. The molecule has 0 N–H and O–H groups in total. The molecule has 1 saturated heterocycles. The molecular weight excluding hydrogens is 534 g/mol. The van der Waals surface area contributed by atoms with Crippen molar-refractivity contribution in [1.29, 1.82) is 0 Å². The van der Waals surface area contributed by atoms with Crippen LogP contribution in [-0.4, -0.2) is 47.0 Å². The van der Waals surface area contributed by atoms with E-state index in [1.54, 1.807) is 7.11 Å². The SMILES string of the molecule is COc1ccc(C(=O)CCCN2CCC(CCCn3c(COc4ccc(Cl)cc4)nc4c(C)cccc43)CC2)cc1. The second-order valence-corrected chi connectivity index (χ2v) is 11.5. The molecule has 7 heteroatoms. The molecule has 0 aliphatic carbocycles. The van der Waals surface area contributed by atoms with Crippen LogP contribution in [0.25, 0.3) is 11.0 Å². The van der Waals surface area contributed by atoms with Crippen molar-refractivity contribution in [3.05, 3.63) is 88.7 Å². The van der Waals surface area contributed by atoms with Crippen molar-refractivity contribution in [1.82, 2.24) is 14.5 Å². The molecule has 0 atom stereocenters. The Balaban J connectivity index is 1.07. The Hall–Kier alpha value is -3.35. The average Bonchev–Trinajstić information content (AvgIpc) is 3.36. The maximum atomic E-state index is 12.5. The van der Waals surface area contributed by atoms with Crippen molar-refractivity contribution in [2.24, 2.45) is 5.92 Å². The Morgan fingerprint density at radius 3 is 2.41 bits per heavy atom. The van der Waals surface area contributed by atoms with Gasteiger partial charge in [0.15, 0.2) is 5.78 Å². The summed E-state index contributed by atoms with van der Waals surface area (Å²) in [6, 6.07) is 21.3. The lowest BCUT2D eigenvalue weighted by Crippen LogP contribution is -2.34. The number of para-hydroxylation sites is 1. The van der Waals surface area contributed by atoms with Crippen LogP contribution in [0.15, 0.2) is 66.7 Å². The van der Waals surface area contributed by atoms with Gasteiger partial charge in [-0.1, -0.05) is 23.7 Å². The number of imidazole rings is 1. The molecule has 0 radical (unpaired) electrons. The fourth-order valence-electron chi connectivity index (χ4n) is 5.79. The summed E-state index contributed by atoms with van der Waals surface area (Å²) in [5.74, 6) is 3.49. The first-order valence-corrected chi connectivity index (χ1v) is 15.1. The summed E-state index contributed by atoms with van der Waals surface area (Å²) in [7, 11) is 1.64. The van der Waals surface area contributed by atoms with Crippen LogP contribution in [0.4, 0.5) is 0 Å². The van der Waals surface area contributed by atoms with Crippen LogP contribution < -0.4 is 9.47 Å². The van der Waals surface area contributed by atoms with Gasteiger partial charge in [0.25, 0.3) is 0 Å². The van der Waals surface area contributed by atoms with Crippen molar-refractivity contribution in [3.63, 3.8) is 0 Å². The Labute approximate surface area is 248 Å². The number of benzene rings is 3. The lowest BCUT2D eigenvalue weighted by molar-refractivity contribution is 0.0969. The van der Waals surface area contributed by atoms with Gasteiger partial charge >= 0.3 is 0 Å². The van der Waals surface area contributed by atoms with Gasteiger partial charge in [0.1, 0.15) is 23.9 Å². The number of halogens is 1. The Morgan fingerprint density at radius 2 is 1.68 bits per heavy atom. The molecule has 1 aliphatic heterocycles. The van der Waals surface area contributed by atoms with Crippen LogP contribution in [-0.2, 0) is 13.2 Å². The van der Waals surface area contributed by atoms with E-state index in [4.69, 9.17) is 26.1 Å². The number of ether oxygens (including phenoxy) is 2. The lowest BCUT2D eigenvalue weighted by atomic mass is 9.92. The summed E-state index contributed by atoms with van der Waals surface area (Å²) in [6.45, 7) is 6.71. The van der Waals surface area contributed by atoms with Gasteiger partial charge in [-0.2, -0.15) is 0 Å². The summed E-state index contributed by atoms with van der Waals surface area (Å²) in [4.78, 5) is 20.0. The predicted molar refractivity (Wildman–Crippen MR) is 165 cm³/mol. The van der Waals surface area contributed by atoms with E-state index in [1.165, 1.54) is 30.3 Å². The lowest BCUT2D eigenvalue weighted by Gasteiger charge is -2.32. The topological polar surface area (TPSA) is 56.6 Å². The van der Waals surface area contributed by atoms with E-state index in [9.17, 15) is 4.79 Å². The summed E-state index contributed by atoms with van der Waals surface area (Å²) < 4.78 is 13.6. The van der Waals surface area contributed by atoms with E-state index in [1.807, 2.05) is 48.5 Å². The molecule has 6 nitrogen and oxygen atoms in total. The number of fused-ring (bicyclic) bond motifs is 1. The molecule has 1 fully saturated rings. The zero-order valence-corrected chi connectivity index (χ0v) is 24.9. The third-order valence-corrected chi connectivity index (χ3v) is 8.48. The highest BCUT2D eigenvalue weighted by Gasteiger charge is 2.20. The highest BCUT2D eigenvalue weighted by Crippen LogP contribution is 2.26. The number of aryl methyl sites for hydroxylation is 2. The van der Waals surface area contributed by atoms with E-state index in [-0.39, 0.29) is 5.78 Å². The molecule has 0 spiro atoms. The zero-order valence-electron chi connectivity index (χ0n) is 24.2. The van der Waals surface area contributed by atoms with E-state index < -0.39 is 0 Å². The van der Waals surface area contributed by atoms with Gasteiger partial charge in [-0.25, -0.2) is 4.98 Å². The summed E-state index contributed by atoms with van der Waals surface area (Å²) in [5.41, 5.74) is 4.19. The van der Waals surface area contributed by atoms with Gasteiger partial charge in [-0.15, -0.1) is 0 Å². The number of carbonyl (C=O) groups is 1. The van der Waals surface area contributed by atoms with Crippen molar-refractivity contribution >= 4 is 28.4 Å². The molecule has 3 aromatic carbocycles. The molecule has 1 aromatic heterocycles. The number of rotatable bonds is 13. The standard InChI is InChI=1S/C34H40ClN3O3/c1-25-6-3-8-31-34(25)36-33(24-41-30-16-12-28(35)13-17-30)38(31)21-4-7-26-18-22-37(23-19-26)20-5-9-32(39)27-10-14-29(40-2)15-11-27/h3,6,8,10-17,26H,4-5,7,9,18-24H2,1-2H3. The van der Waals surface area contributed by atoms with Crippen molar-refractivity contribution < 1.29 is 14.3 Å². The minimum absolute atomic E-state index is 0.211. The average molecular weight is 574 g/mol. The van der Waals surface area contributed by atoms with Crippen molar-refractivity contribution in [2.75, 3.05) is 26.7 Å². The van der Waals surface area contributed by atoms with Crippen LogP contribution in [0.3, 0.4) is 0 Å².